The van der Waals surface area contributed by atoms with Crippen LogP contribution in [-0.2, 0) is 14.3 Å². The smallest absolute Gasteiger partial charge is 0.434 e. The van der Waals surface area contributed by atoms with E-state index in [0.29, 0.717) is 10.1 Å². The first-order valence-electron chi connectivity index (χ1n) is 4.70. The topological polar surface area (TPSA) is 65.0 Å². The van der Waals surface area contributed by atoms with E-state index in [4.69, 9.17) is 4.74 Å². The van der Waals surface area contributed by atoms with Crippen molar-refractivity contribution in [1.29, 1.82) is 0 Å². The maximum absolute atomic E-state index is 11.3. The second-order valence-electron chi connectivity index (χ2n) is 4.04. The summed E-state index contributed by atoms with van der Waals surface area (Å²) < 4.78 is 9.97. The highest BCUT2D eigenvalue weighted by Gasteiger charge is 2.17. The standard InChI is InChI=1S/C10H16INO4/c1-10(2,3)16-9(14)12-7(6-11)5-8(13)15-4/h5-6H2,1-4H3. The number of alkyl halides is 1. The van der Waals surface area contributed by atoms with E-state index in [1.807, 2.05) is 22.6 Å². The fourth-order valence-corrected chi connectivity index (χ4v) is 1.21. The summed E-state index contributed by atoms with van der Waals surface area (Å²) in [5.41, 5.74) is -0.135. The largest absolute Gasteiger partial charge is 0.469 e. The average molecular weight is 341 g/mol. The highest BCUT2D eigenvalue weighted by molar-refractivity contribution is 14.1. The number of methoxy groups -OCH3 is 1. The van der Waals surface area contributed by atoms with E-state index in [-0.39, 0.29) is 6.42 Å². The summed E-state index contributed by atoms with van der Waals surface area (Å²) in [5.74, 6) is -0.418. The van der Waals surface area contributed by atoms with Gasteiger partial charge in [0.05, 0.1) is 13.5 Å². The molecule has 0 atom stereocenters. The molecule has 0 saturated carbocycles. The zero-order valence-electron chi connectivity index (χ0n) is 9.87. The number of carbonyl (C=O) groups is 2. The highest BCUT2D eigenvalue weighted by Crippen LogP contribution is 2.09. The van der Waals surface area contributed by atoms with Crippen molar-refractivity contribution in [1.82, 2.24) is 0 Å². The van der Waals surface area contributed by atoms with Crippen LogP contribution < -0.4 is 0 Å². The molecule has 0 rings (SSSR count). The molecule has 0 spiro atoms. The Hall–Kier alpha value is -0.660. The van der Waals surface area contributed by atoms with Gasteiger partial charge in [0.15, 0.2) is 0 Å². The number of ether oxygens (including phenoxy) is 2. The Labute approximate surface area is 109 Å². The van der Waals surface area contributed by atoms with Crippen LogP contribution in [0.3, 0.4) is 0 Å². The van der Waals surface area contributed by atoms with E-state index in [1.54, 1.807) is 20.8 Å². The first-order chi connectivity index (χ1) is 7.28. The average Bonchev–Trinajstić information content (AvgIpc) is 2.13. The molecule has 0 heterocycles. The minimum absolute atomic E-state index is 0.0126. The zero-order valence-corrected chi connectivity index (χ0v) is 12.0. The molecule has 92 valence electrons. The quantitative estimate of drug-likeness (QED) is 0.342. The predicted molar refractivity (Wildman–Crippen MR) is 69.2 cm³/mol. The maximum Gasteiger partial charge on any atom is 0.434 e. The van der Waals surface area contributed by atoms with Gasteiger partial charge in [0.25, 0.3) is 0 Å². The van der Waals surface area contributed by atoms with Crippen molar-refractivity contribution in [2.75, 3.05) is 11.5 Å². The van der Waals surface area contributed by atoms with Crippen LogP contribution in [0.1, 0.15) is 27.2 Å². The third-order valence-corrected chi connectivity index (χ3v) is 2.25. The number of aliphatic imine (C=N–C) groups is 1. The van der Waals surface area contributed by atoms with Crippen LogP contribution >= 0.6 is 22.6 Å². The Balaban J connectivity index is 4.46. The molecular formula is C10H16INO4. The molecule has 0 N–H and O–H groups in total. The second kappa shape index (κ2) is 6.82. The van der Waals surface area contributed by atoms with E-state index >= 15 is 0 Å². The van der Waals surface area contributed by atoms with Crippen LogP contribution in [-0.4, -0.2) is 34.9 Å². The van der Waals surface area contributed by atoms with Crippen molar-refractivity contribution < 1.29 is 19.1 Å². The van der Waals surface area contributed by atoms with Crippen molar-refractivity contribution in [3.8, 4) is 0 Å². The summed E-state index contributed by atoms with van der Waals surface area (Å²) in [7, 11) is 1.29. The molecule has 1 amide bonds. The van der Waals surface area contributed by atoms with Crippen molar-refractivity contribution in [3.63, 3.8) is 0 Å². The predicted octanol–water partition coefficient (Wildman–Crippen LogP) is 2.36. The third kappa shape index (κ3) is 7.61. The summed E-state index contributed by atoms with van der Waals surface area (Å²) in [4.78, 5) is 26.0. The lowest BCUT2D eigenvalue weighted by Gasteiger charge is -2.17. The van der Waals surface area contributed by atoms with Crippen LogP contribution in [0.2, 0.25) is 0 Å². The molecule has 0 radical (unpaired) electrons. The Morgan fingerprint density at radius 2 is 1.88 bits per heavy atom. The number of esters is 1. The normalized spacial score (nSPS) is 12.2. The van der Waals surface area contributed by atoms with Gasteiger partial charge in [-0.3, -0.25) is 4.79 Å². The molecule has 0 aliphatic rings. The van der Waals surface area contributed by atoms with Crippen molar-refractivity contribution in [2.45, 2.75) is 32.8 Å². The summed E-state index contributed by atoms with van der Waals surface area (Å²) >= 11 is 2.02. The van der Waals surface area contributed by atoms with Gasteiger partial charge >= 0.3 is 12.1 Å². The first-order valence-corrected chi connectivity index (χ1v) is 6.23. The molecule has 0 fully saturated rings. The number of amides is 1. The molecule has 0 aromatic heterocycles. The summed E-state index contributed by atoms with van der Waals surface area (Å²) in [6.07, 6.45) is -0.665. The minimum Gasteiger partial charge on any atom is -0.469 e. The number of carbonyl (C=O) groups excluding carboxylic acids is 2. The molecule has 16 heavy (non-hydrogen) atoms. The van der Waals surface area contributed by atoms with Gasteiger partial charge < -0.3 is 9.47 Å². The Morgan fingerprint density at radius 1 is 1.31 bits per heavy atom. The molecule has 0 aromatic rings. The zero-order chi connectivity index (χ0) is 12.8. The summed E-state index contributed by atoms with van der Waals surface area (Å²) in [6.45, 7) is 5.26. The van der Waals surface area contributed by atoms with Gasteiger partial charge in [0.2, 0.25) is 0 Å². The summed E-state index contributed by atoms with van der Waals surface area (Å²) in [5, 5.41) is 0. The maximum atomic E-state index is 11.3. The molecule has 0 saturated heterocycles. The molecule has 0 aliphatic heterocycles. The first kappa shape index (κ1) is 15.3. The fraction of sp³-hybridized carbons (Fsp3) is 0.700. The third-order valence-electron chi connectivity index (χ3n) is 1.37. The van der Waals surface area contributed by atoms with Crippen molar-refractivity contribution in [3.05, 3.63) is 0 Å². The number of rotatable bonds is 3. The Kier molecular flexibility index (Phi) is 6.54. The van der Waals surface area contributed by atoms with Crippen molar-refractivity contribution in [2.24, 2.45) is 4.99 Å². The van der Waals surface area contributed by atoms with Crippen LogP contribution in [0.15, 0.2) is 4.99 Å². The molecule has 5 nitrogen and oxygen atoms in total. The number of hydrogen-bond acceptors (Lipinski definition) is 4. The molecule has 0 unspecified atom stereocenters. The van der Waals surface area contributed by atoms with E-state index in [1.165, 1.54) is 7.11 Å². The van der Waals surface area contributed by atoms with Gasteiger partial charge in [-0.15, -0.1) is 0 Å². The number of hydrogen-bond donors (Lipinski definition) is 0. The second-order valence-corrected chi connectivity index (χ2v) is 4.81. The van der Waals surface area contributed by atoms with Gasteiger partial charge in [-0.2, -0.15) is 4.99 Å². The van der Waals surface area contributed by atoms with E-state index < -0.39 is 17.7 Å². The van der Waals surface area contributed by atoms with Gasteiger partial charge in [-0.05, 0) is 20.8 Å². The minimum atomic E-state index is -0.678. The molecule has 0 aliphatic carbocycles. The monoisotopic (exact) mass is 341 g/mol. The lowest BCUT2D eigenvalue weighted by atomic mass is 10.2. The van der Waals surface area contributed by atoms with Crippen molar-refractivity contribution >= 4 is 40.4 Å². The van der Waals surface area contributed by atoms with E-state index in [9.17, 15) is 9.59 Å². The van der Waals surface area contributed by atoms with Gasteiger partial charge in [0, 0.05) is 10.1 Å². The van der Waals surface area contributed by atoms with Gasteiger partial charge in [-0.25, -0.2) is 4.79 Å². The van der Waals surface area contributed by atoms with Gasteiger partial charge in [0.1, 0.15) is 5.60 Å². The molecular weight excluding hydrogens is 325 g/mol. The SMILES string of the molecule is COC(=O)CC(CI)=NC(=O)OC(C)(C)C. The van der Waals surface area contributed by atoms with Crippen LogP contribution in [0.5, 0.6) is 0 Å². The summed E-state index contributed by atoms with van der Waals surface area (Å²) in [6, 6.07) is 0. The molecule has 6 heteroatoms. The lowest BCUT2D eigenvalue weighted by Crippen LogP contribution is -2.23. The van der Waals surface area contributed by atoms with Gasteiger partial charge in [-0.1, -0.05) is 22.6 Å². The number of halogens is 1. The lowest BCUT2D eigenvalue weighted by molar-refractivity contribution is -0.139. The van der Waals surface area contributed by atoms with E-state index in [0.717, 1.165) is 0 Å². The highest BCUT2D eigenvalue weighted by atomic mass is 127. The van der Waals surface area contributed by atoms with Crippen LogP contribution in [0, 0.1) is 0 Å². The van der Waals surface area contributed by atoms with Crippen LogP contribution in [0.25, 0.3) is 0 Å². The number of nitrogens with zero attached hydrogens (tertiary/aromatic N) is 1. The molecule has 0 aromatic carbocycles. The Bertz CT molecular complexity index is 294. The van der Waals surface area contributed by atoms with E-state index in [2.05, 4.69) is 9.73 Å². The fourth-order valence-electron chi connectivity index (χ4n) is 0.769. The molecule has 0 bridgehead atoms. The Morgan fingerprint density at radius 3 is 2.25 bits per heavy atom. The van der Waals surface area contributed by atoms with Crippen LogP contribution in [0.4, 0.5) is 4.79 Å².